The first kappa shape index (κ1) is 17.4. The highest BCUT2D eigenvalue weighted by Crippen LogP contribution is 2.21. The zero-order valence-electron chi connectivity index (χ0n) is 11.4. The van der Waals surface area contributed by atoms with E-state index in [1.54, 1.807) is 0 Å². The second-order valence-corrected chi connectivity index (χ2v) is 8.39. The van der Waals surface area contributed by atoms with Crippen molar-refractivity contribution in [3.63, 3.8) is 0 Å². The minimum atomic E-state index is 0.793. The monoisotopic (exact) mass is 446 g/mol. The molecule has 0 atom stereocenters. The zero-order chi connectivity index (χ0) is 14.9. The largest absolute Gasteiger partial charge is 0.380 e. The number of benzene rings is 2. The van der Waals surface area contributed by atoms with E-state index < -0.39 is 0 Å². The molecule has 0 saturated carbocycles. The van der Waals surface area contributed by atoms with E-state index in [0.29, 0.717) is 0 Å². The van der Waals surface area contributed by atoms with Crippen molar-refractivity contribution in [1.82, 2.24) is 0 Å². The molecule has 0 unspecified atom stereocenters. The maximum absolute atomic E-state index is 5.66. The van der Waals surface area contributed by atoms with Crippen LogP contribution in [0.4, 0.5) is 0 Å². The van der Waals surface area contributed by atoms with Crippen LogP contribution < -0.4 is 0 Å². The molecule has 21 heavy (non-hydrogen) atoms. The Balaban J connectivity index is 1.52. The van der Waals surface area contributed by atoms with Crippen LogP contribution in [0.5, 0.6) is 0 Å². The smallest absolute Gasteiger partial charge is 0.0560 e. The predicted molar refractivity (Wildman–Crippen MR) is 101 cm³/mol. The lowest BCUT2D eigenvalue weighted by molar-refractivity contribution is 0.167. The van der Waals surface area contributed by atoms with Crippen molar-refractivity contribution in [3.8, 4) is 0 Å². The normalized spacial score (nSPS) is 10.8. The van der Waals surface area contributed by atoms with Gasteiger partial charge in [-0.25, -0.2) is 0 Å². The van der Waals surface area contributed by atoms with Gasteiger partial charge >= 0.3 is 0 Å². The second kappa shape index (κ2) is 9.95. The molecule has 2 aromatic carbocycles. The molecule has 1 nitrogen and oxygen atoms in total. The summed E-state index contributed by atoms with van der Waals surface area (Å²) in [6.45, 7) is 1.59. The molecule has 112 valence electrons. The van der Waals surface area contributed by atoms with Gasteiger partial charge in [-0.3, -0.25) is 0 Å². The molecular weight excluding hydrogens is 432 g/mol. The quantitative estimate of drug-likeness (QED) is 0.356. The van der Waals surface area contributed by atoms with E-state index >= 15 is 0 Å². The maximum atomic E-state index is 5.66. The summed E-state index contributed by atoms with van der Waals surface area (Å²) in [5.41, 5.74) is 0. The molecule has 0 spiro atoms. The van der Waals surface area contributed by atoms with Crippen LogP contribution in [0.15, 0.2) is 67.3 Å². The van der Waals surface area contributed by atoms with Gasteiger partial charge in [0.2, 0.25) is 0 Å². The summed E-state index contributed by atoms with van der Waals surface area (Å²) in [5, 5.41) is 0. The molecule has 2 aromatic rings. The van der Waals surface area contributed by atoms with Crippen LogP contribution in [0.3, 0.4) is 0 Å². The van der Waals surface area contributed by atoms with Crippen molar-refractivity contribution in [2.45, 2.75) is 9.79 Å². The van der Waals surface area contributed by atoms with Crippen LogP contribution >= 0.6 is 55.4 Å². The number of rotatable bonds is 8. The lowest BCUT2D eigenvalue weighted by Gasteiger charge is -2.05. The molecule has 0 aliphatic rings. The Kier molecular flexibility index (Phi) is 8.25. The van der Waals surface area contributed by atoms with Crippen LogP contribution in [0.25, 0.3) is 0 Å². The fraction of sp³-hybridized carbons (Fsp3) is 0.250. The van der Waals surface area contributed by atoms with Gasteiger partial charge in [0.15, 0.2) is 0 Å². The minimum Gasteiger partial charge on any atom is -0.380 e. The molecule has 0 aromatic heterocycles. The molecule has 0 amide bonds. The van der Waals surface area contributed by atoms with Gasteiger partial charge < -0.3 is 4.74 Å². The number of hydrogen-bond acceptors (Lipinski definition) is 3. The average Bonchev–Trinajstić information content (AvgIpc) is 2.50. The minimum absolute atomic E-state index is 0.793. The number of ether oxygens (including phenoxy) is 1. The standard InChI is InChI=1S/C16H16Br2OS2/c17-13-1-5-15(6-2-13)20-11-9-19-10-12-21-16-7-3-14(18)4-8-16/h1-8H,9-12H2. The van der Waals surface area contributed by atoms with E-state index in [1.165, 1.54) is 9.79 Å². The average molecular weight is 448 g/mol. The van der Waals surface area contributed by atoms with Crippen molar-refractivity contribution in [2.24, 2.45) is 0 Å². The van der Waals surface area contributed by atoms with Crippen molar-refractivity contribution in [3.05, 3.63) is 57.5 Å². The van der Waals surface area contributed by atoms with Gasteiger partial charge in [0.25, 0.3) is 0 Å². The van der Waals surface area contributed by atoms with Crippen LogP contribution in [0, 0.1) is 0 Å². The number of hydrogen-bond donors (Lipinski definition) is 0. The second-order valence-electron chi connectivity index (χ2n) is 4.22. The van der Waals surface area contributed by atoms with Crippen LogP contribution in [0.2, 0.25) is 0 Å². The van der Waals surface area contributed by atoms with Crippen molar-refractivity contribution in [1.29, 1.82) is 0 Å². The molecule has 0 heterocycles. The third kappa shape index (κ3) is 7.24. The first-order valence-electron chi connectivity index (χ1n) is 6.58. The molecule has 0 saturated heterocycles. The molecule has 0 aliphatic heterocycles. The highest BCUT2D eigenvalue weighted by atomic mass is 79.9. The van der Waals surface area contributed by atoms with Gasteiger partial charge in [-0.05, 0) is 48.5 Å². The van der Waals surface area contributed by atoms with Crippen LogP contribution in [-0.2, 0) is 4.74 Å². The van der Waals surface area contributed by atoms with Gasteiger partial charge in [0.1, 0.15) is 0 Å². The first-order chi connectivity index (χ1) is 10.2. The molecular formula is C16H16Br2OS2. The van der Waals surface area contributed by atoms with Gasteiger partial charge in [-0.1, -0.05) is 31.9 Å². The third-order valence-corrected chi connectivity index (χ3v) is 5.63. The molecule has 0 aliphatic carbocycles. The summed E-state index contributed by atoms with van der Waals surface area (Å²) < 4.78 is 7.90. The Morgan fingerprint density at radius 3 is 1.43 bits per heavy atom. The molecule has 0 radical (unpaired) electrons. The number of thioether (sulfide) groups is 2. The first-order valence-corrected chi connectivity index (χ1v) is 10.1. The topological polar surface area (TPSA) is 9.23 Å². The van der Waals surface area contributed by atoms with Gasteiger partial charge in [-0.15, -0.1) is 23.5 Å². The fourth-order valence-electron chi connectivity index (χ4n) is 1.60. The van der Waals surface area contributed by atoms with Gasteiger partial charge in [-0.2, -0.15) is 0 Å². The van der Waals surface area contributed by atoms with E-state index in [1.807, 2.05) is 23.5 Å². The van der Waals surface area contributed by atoms with Crippen molar-refractivity contribution >= 4 is 55.4 Å². The summed E-state index contributed by atoms with van der Waals surface area (Å²) in [7, 11) is 0. The Morgan fingerprint density at radius 1 is 0.667 bits per heavy atom. The molecule has 5 heteroatoms. The maximum Gasteiger partial charge on any atom is 0.0560 e. The SMILES string of the molecule is Brc1ccc(SCCOCCSc2ccc(Br)cc2)cc1. The zero-order valence-corrected chi connectivity index (χ0v) is 16.2. The lowest BCUT2D eigenvalue weighted by atomic mass is 10.4. The van der Waals surface area contributed by atoms with E-state index in [0.717, 1.165) is 33.7 Å². The summed E-state index contributed by atoms with van der Waals surface area (Å²) in [4.78, 5) is 2.57. The predicted octanol–water partition coefficient (Wildman–Crippen LogP) is 6.11. The fourth-order valence-corrected chi connectivity index (χ4v) is 3.66. The Bertz CT molecular complexity index is 479. The van der Waals surface area contributed by atoms with Crippen LogP contribution in [-0.4, -0.2) is 24.7 Å². The third-order valence-electron chi connectivity index (χ3n) is 2.62. The van der Waals surface area contributed by atoms with Crippen LogP contribution in [0.1, 0.15) is 0 Å². The van der Waals surface area contributed by atoms with E-state index in [-0.39, 0.29) is 0 Å². The lowest BCUT2D eigenvalue weighted by Crippen LogP contribution is -2.01. The molecule has 0 fully saturated rings. The Hall–Kier alpha value is 0.0600. The van der Waals surface area contributed by atoms with E-state index in [2.05, 4.69) is 80.4 Å². The number of halogens is 2. The van der Waals surface area contributed by atoms with E-state index in [9.17, 15) is 0 Å². The summed E-state index contributed by atoms with van der Waals surface area (Å²) >= 11 is 10.5. The Morgan fingerprint density at radius 2 is 1.05 bits per heavy atom. The van der Waals surface area contributed by atoms with Gasteiger partial charge in [0, 0.05) is 30.2 Å². The Labute approximate surface area is 151 Å². The van der Waals surface area contributed by atoms with Crippen molar-refractivity contribution < 1.29 is 4.74 Å². The molecule has 2 rings (SSSR count). The highest BCUT2D eigenvalue weighted by molar-refractivity contribution is 9.10. The van der Waals surface area contributed by atoms with Crippen molar-refractivity contribution in [2.75, 3.05) is 24.7 Å². The summed E-state index contributed by atoms with van der Waals surface area (Å²) in [5.74, 6) is 1.98. The summed E-state index contributed by atoms with van der Waals surface area (Å²) in [6.07, 6.45) is 0. The van der Waals surface area contributed by atoms with Gasteiger partial charge in [0.05, 0.1) is 13.2 Å². The highest BCUT2D eigenvalue weighted by Gasteiger charge is 1.96. The van der Waals surface area contributed by atoms with E-state index in [4.69, 9.17) is 4.74 Å². The molecule has 0 N–H and O–H groups in total. The summed E-state index contributed by atoms with van der Waals surface area (Å²) in [6, 6.07) is 16.8. The molecule has 0 bridgehead atoms.